The third-order valence-electron chi connectivity index (χ3n) is 4.16. The maximum absolute atomic E-state index is 3.72. The van der Waals surface area contributed by atoms with E-state index in [1.54, 1.807) is 0 Å². The molecule has 1 aliphatic heterocycles. The molecule has 94 valence electrons. The first-order valence-corrected chi connectivity index (χ1v) is 7.30. The molecule has 2 aliphatic rings. The molecule has 0 radical (unpaired) electrons. The number of nitrogens with zero attached hydrogens (tertiary/aromatic N) is 1. The van der Waals surface area contributed by atoms with Crippen LogP contribution in [0.4, 0.5) is 0 Å². The lowest BCUT2D eigenvalue weighted by molar-refractivity contribution is 0.0977. The van der Waals surface area contributed by atoms with E-state index in [1.165, 1.54) is 58.0 Å². The van der Waals surface area contributed by atoms with Crippen LogP contribution in [0.3, 0.4) is 0 Å². The Kier molecular flexibility index (Phi) is 4.66. The molecular weight excluding hydrogens is 196 g/mol. The normalized spacial score (nSPS) is 29.2. The second-order valence-corrected chi connectivity index (χ2v) is 5.71. The minimum absolute atomic E-state index is 0.792. The van der Waals surface area contributed by atoms with Crippen LogP contribution in [0.25, 0.3) is 0 Å². The molecule has 1 saturated carbocycles. The van der Waals surface area contributed by atoms with Gasteiger partial charge in [-0.05, 0) is 45.6 Å². The Morgan fingerprint density at radius 3 is 2.69 bits per heavy atom. The fourth-order valence-corrected chi connectivity index (χ4v) is 2.97. The van der Waals surface area contributed by atoms with Crippen molar-refractivity contribution in [2.45, 2.75) is 76.9 Å². The summed E-state index contributed by atoms with van der Waals surface area (Å²) in [6.07, 6.45) is 9.76. The largest absolute Gasteiger partial charge is 0.312 e. The van der Waals surface area contributed by atoms with E-state index in [0.29, 0.717) is 0 Å². The van der Waals surface area contributed by atoms with Crippen molar-refractivity contribution in [2.24, 2.45) is 0 Å². The molecule has 2 nitrogen and oxygen atoms in total. The van der Waals surface area contributed by atoms with Crippen molar-refractivity contribution in [1.29, 1.82) is 0 Å². The Morgan fingerprint density at radius 2 is 2.06 bits per heavy atom. The van der Waals surface area contributed by atoms with Gasteiger partial charge in [0.05, 0.1) is 0 Å². The van der Waals surface area contributed by atoms with Gasteiger partial charge in [-0.15, -0.1) is 0 Å². The first-order chi connectivity index (χ1) is 7.81. The molecule has 2 atom stereocenters. The smallest absolute Gasteiger partial charge is 0.0223 e. The van der Waals surface area contributed by atoms with Crippen molar-refractivity contribution in [3.63, 3.8) is 0 Å². The van der Waals surface area contributed by atoms with E-state index in [2.05, 4.69) is 24.1 Å². The summed E-state index contributed by atoms with van der Waals surface area (Å²) < 4.78 is 0. The molecule has 2 fully saturated rings. The highest BCUT2D eigenvalue weighted by atomic mass is 15.2. The molecule has 0 spiro atoms. The quantitative estimate of drug-likeness (QED) is 0.746. The average Bonchev–Trinajstić information content (AvgIpc) is 3.09. The van der Waals surface area contributed by atoms with Gasteiger partial charge in [0.15, 0.2) is 0 Å². The van der Waals surface area contributed by atoms with Crippen LogP contribution < -0.4 is 5.32 Å². The lowest BCUT2D eigenvalue weighted by atomic mass is 9.99. The van der Waals surface area contributed by atoms with Crippen LogP contribution in [0.15, 0.2) is 0 Å². The molecule has 1 heterocycles. The summed E-state index contributed by atoms with van der Waals surface area (Å²) in [6, 6.07) is 2.46. The molecule has 0 aromatic rings. The summed E-state index contributed by atoms with van der Waals surface area (Å²) in [6.45, 7) is 7.29. The van der Waals surface area contributed by atoms with Crippen molar-refractivity contribution >= 4 is 0 Å². The molecule has 1 saturated heterocycles. The minimum atomic E-state index is 0.792. The molecular formula is C14H28N2. The molecule has 2 unspecified atom stereocenters. The van der Waals surface area contributed by atoms with Gasteiger partial charge in [-0.1, -0.05) is 19.8 Å². The maximum Gasteiger partial charge on any atom is 0.0223 e. The summed E-state index contributed by atoms with van der Waals surface area (Å²) in [5.41, 5.74) is 0. The molecule has 0 aromatic carbocycles. The Morgan fingerprint density at radius 1 is 1.25 bits per heavy atom. The zero-order valence-electron chi connectivity index (χ0n) is 11.0. The maximum atomic E-state index is 3.72. The van der Waals surface area contributed by atoms with Crippen LogP contribution in [0, 0.1) is 0 Å². The number of hydrogen-bond donors (Lipinski definition) is 1. The van der Waals surface area contributed by atoms with E-state index < -0.39 is 0 Å². The van der Waals surface area contributed by atoms with Crippen LogP contribution in [0.5, 0.6) is 0 Å². The zero-order valence-corrected chi connectivity index (χ0v) is 11.0. The standard InChI is InChI=1S/C14H28N2/c1-3-6-14(11-15-13-8-9-13)16-10-5-4-7-12(16)2/h12-15H,3-11H2,1-2H3. The molecule has 2 heteroatoms. The summed E-state index contributed by atoms with van der Waals surface area (Å²) >= 11 is 0. The van der Waals surface area contributed by atoms with E-state index in [0.717, 1.165) is 18.1 Å². The van der Waals surface area contributed by atoms with Crippen molar-refractivity contribution < 1.29 is 0 Å². The van der Waals surface area contributed by atoms with Crippen LogP contribution in [-0.2, 0) is 0 Å². The molecule has 1 N–H and O–H groups in total. The predicted molar refractivity (Wildman–Crippen MR) is 69.7 cm³/mol. The summed E-state index contributed by atoms with van der Waals surface area (Å²) in [4.78, 5) is 2.77. The zero-order chi connectivity index (χ0) is 11.4. The third-order valence-corrected chi connectivity index (χ3v) is 4.16. The van der Waals surface area contributed by atoms with E-state index in [1.807, 2.05) is 0 Å². The molecule has 0 bridgehead atoms. The minimum Gasteiger partial charge on any atom is -0.312 e. The second kappa shape index (κ2) is 6.02. The van der Waals surface area contributed by atoms with Gasteiger partial charge in [-0.2, -0.15) is 0 Å². The first kappa shape index (κ1) is 12.4. The number of likely N-dealkylation sites (tertiary alicyclic amines) is 1. The predicted octanol–water partition coefficient (Wildman–Crippen LogP) is 2.78. The molecule has 1 aliphatic carbocycles. The first-order valence-electron chi connectivity index (χ1n) is 7.30. The Hall–Kier alpha value is -0.0800. The van der Waals surface area contributed by atoms with Gasteiger partial charge in [-0.3, -0.25) is 4.90 Å². The molecule has 0 amide bonds. The Labute approximate surface area is 101 Å². The van der Waals surface area contributed by atoms with Crippen LogP contribution in [-0.4, -0.2) is 36.1 Å². The average molecular weight is 224 g/mol. The Balaban J connectivity index is 1.82. The van der Waals surface area contributed by atoms with Gasteiger partial charge >= 0.3 is 0 Å². The number of rotatable bonds is 6. The number of nitrogens with one attached hydrogen (secondary N) is 1. The molecule has 0 aromatic heterocycles. The third kappa shape index (κ3) is 3.46. The second-order valence-electron chi connectivity index (χ2n) is 5.71. The fourth-order valence-electron chi connectivity index (χ4n) is 2.97. The molecule has 16 heavy (non-hydrogen) atoms. The van der Waals surface area contributed by atoms with Gasteiger partial charge in [0.2, 0.25) is 0 Å². The van der Waals surface area contributed by atoms with E-state index in [9.17, 15) is 0 Å². The number of piperidine rings is 1. The summed E-state index contributed by atoms with van der Waals surface area (Å²) in [5.74, 6) is 0. The Bertz CT molecular complexity index is 201. The van der Waals surface area contributed by atoms with Crippen LogP contribution >= 0.6 is 0 Å². The highest BCUT2D eigenvalue weighted by Crippen LogP contribution is 2.23. The fraction of sp³-hybridized carbons (Fsp3) is 1.00. The van der Waals surface area contributed by atoms with E-state index in [-0.39, 0.29) is 0 Å². The van der Waals surface area contributed by atoms with Crippen molar-refractivity contribution in [3.05, 3.63) is 0 Å². The number of hydrogen-bond acceptors (Lipinski definition) is 2. The van der Waals surface area contributed by atoms with Crippen molar-refractivity contribution in [3.8, 4) is 0 Å². The van der Waals surface area contributed by atoms with Crippen LogP contribution in [0.2, 0.25) is 0 Å². The van der Waals surface area contributed by atoms with Gasteiger partial charge in [0.25, 0.3) is 0 Å². The monoisotopic (exact) mass is 224 g/mol. The summed E-state index contributed by atoms with van der Waals surface area (Å²) in [5, 5.41) is 3.72. The van der Waals surface area contributed by atoms with Gasteiger partial charge in [-0.25, -0.2) is 0 Å². The highest BCUT2D eigenvalue weighted by molar-refractivity contribution is 4.86. The summed E-state index contributed by atoms with van der Waals surface area (Å²) in [7, 11) is 0. The topological polar surface area (TPSA) is 15.3 Å². The van der Waals surface area contributed by atoms with Crippen LogP contribution in [0.1, 0.15) is 58.8 Å². The van der Waals surface area contributed by atoms with E-state index in [4.69, 9.17) is 0 Å². The van der Waals surface area contributed by atoms with Crippen molar-refractivity contribution in [2.75, 3.05) is 13.1 Å². The molecule has 2 rings (SSSR count). The van der Waals surface area contributed by atoms with Gasteiger partial charge in [0, 0.05) is 24.7 Å². The lowest BCUT2D eigenvalue weighted by Gasteiger charge is -2.40. The highest BCUT2D eigenvalue weighted by Gasteiger charge is 2.27. The van der Waals surface area contributed by atoms with E-state index >= 15 is 0 Å². The van der Waals surface area contributed by atoms with Crippen molar-refractivity contribution in [1.82, 2.24) is 10.2 Å². The SMILES string of the molecule is CCCC(CNC1CC1)N1CCCCC1C. The van der Waals surface area contributed by atoms with Gasteiger partial charge in [0.1, 0.15) is 0 Å². The van der Waals surface area contributed by atoms with Gasteiger partial charge < -0.3 is 5.32 Å². The lowest BCUT2D eigenvalue weighted by Crippen LogP contribution is -2.49.